The molecule has 0 unspecified atom stereocenters. The van der Waals surface area contributed by atoms with Crippen LogP contribution in [0.15, 0.2) is 0 Å². The third-order valence-corrected chi connectivity index (χ3v) is 2.12. The van der Waals surface area contributed by atoms with E-state index >= 15 is 0 Å². The second-order valence-corrected chi connectivity index (χ2v) is 3.07. The van der Waals surface area contributed by atoms with E-state index in [9.17, 15) is 30.7 Å². The Hall–Kier alpha value is -0.687. The van der Waals surface area contributed by atoms with Gasteiger partial charge in [0.05, 0.1) is 5.82 Å². The third kappa shape index (κ3) is 2.63. The zero-order chi connectivity index (χ0) is 12.9. The quantitative estimate of drug-likeness (QED) is 0.205. The smallest absolute Gasteiger partial charge is 0.194 e. The second-order valence-electron chi connectivity index (χ2n) is 3.07. The first-order valence-corrected chi connectivity index (χ1v) is 4.07. The van der Waals surface area contributed by atoms with Crippen LogP contribution in [0.3, 0.4) is 0 Å². The maximum absolute atomic E-state index is 13.1. The molecule has 0 fully saturated rings. The van der Waals surface area contributed by atoms with Gasteiger partial charge in [0.1, 0.15) is 11.6 Å². The summed E-state index contributed by atoms with van der Waals surface area (Å²) in [4.78, 5) is 0. The van der Waals surface area contributed by atoms with E-state index in [0.29, 0.717) is 0 Å². The topological polar surface area (TPSA) is 0 Å². The summed E-state index contributed by atoms with van der Waals surface area (Å²) in [6, 6.07) is 1.09. The van der Waals surface area contributed by atoms with Crippen LogP contribution in [-0.4, -0.2) is 0 Å². The van der Waals surface area contributed by atoms with Crippen molar-refractivity contribution < 1.29 is 50.2 Å². The minimum atomic E-state index is -2.35. The molecule has 0 aromatic heterocycles. The van der Waals surface area contributed by atoms with Crippen LogP contribution in [0.2, 0.25) is 0 Å². The predicted octanol–water partition coefficient (Wildman–Crippen LogP) is 4.19. The molecule has 0 heterocycles. The van der Waals surface area contributed by atoms with Crippen molar-refractivity contribution in [2.75, 3.05) is 0 Å². The Morgan fingerprint density at radius 3 is 1.42 bits per heavy atom. The first kappa shape index (κ1) is 18.3. The molecular formula is C10HBrF7Zn-. The van der Waals surface area contributed by atoms with Crippen LogP contribution >= 0.6 is 17.0 Å². The minimum absolute atomic E-state index is 0. The van der Waals surface area contributed by atoms with Gasteiger partial charge in [0.2, 0.25) is 0 Å². The van der Waals surface area contributed by atoms with Crippen LogP contribution in [0.5, 0.6) is 0 Å². The molecule has 0 saturated carbocycles. The van der Waals surface area contributed by atoms with Crippen molar-refractivity contribution in [2.45, 2.75) is 0 Å². The van der Waals surface area contributed by atoms with E-state index in [0.717, 1.165) is 6.07 Å². The van der Waals surface area contributed by atoms with Crippen molar-refractivity contribution >= 4 is 27.8 Å². The molecule has 2 aromatic rings. The molecular weight excluding hydrogens is 398 g/mol. The number of halogens is 8. The van der Waals surface area contributed by atoms with Gasteiger partial charge in [-0.3, -0.25) is 4.39 Å². The molecule has 19 heavy (non-hydrogen) atoms. The van der Waals surface area contributed by atoms with Crippen LogP contribution in [0.4, 0.5) is 30.7 Å². The molecule has 2 aromatic carbocycles. The average molecular weight is 399 g/mol. The molecule has 9 heteroatoms. The van der Waals surface area contributed by atoms with E-state index in [-0.39, 0.29) is 36.5 Å². The van der Waals surface area contributed by atoms with Gasteiger partial charge < -0.3 is 0 Å². The molecule has 0 radical (unpaired) electrons. The van der Waals surface area contributed by atoms with Crippen molar-refractivity contribution in [1.82, 2.24) is 0 Å². The molecule has 0 amide bonds. The normalized spacial score (nSPS) is 10.1. The Morgan fingerprint density at radius 1 is 0.526 bits per heavy atom. The van der Waals surface area contributed by atoms with E-state index in [2.05, 4.69) is 0 Å². The predicted molar refractivity (Wildman–Crippen MR) is 52.8 cm³/mol. The fourth-order valence-electron chi connectivity index (χ4n) is 1.37. The summed E-state index contributed by atoms with van der Waals surface area (Å²) in [5.74, 6) is -14.9. The number of hydrogen-bond acceptors (Lipinski definition) is 0. The first-order chi connectivity index (χ1) is 7.86. The third-order valence-electron chi connectivity index (χ3n) is 2.12. The van der Waals surface area contributed by atoms with Gasteiger partial charge in [-0.15, -0.1) is 23.0 Å². The van der Waals surface area contributed by atoms with Crippen LogP contribution < -0.4 is 0 Å². The molecule has 0 aliphatic heterocycles. The molecule has 100 valence electrons. The van der Waals surface area contributed by atoms with Gasteiger partial charge in [-0.25, -0.2) is 26.3 Å². The fraction of sp³-hybridized carbons (Fsp3) is 0. The van der Waals surface area contributed by atoms with E-state index < -0.39 is 51.5 Å². The van der Waals surface area contributed by atoms with Gasteiger partial charge in [0, 0.05) is 31.1 Å². The Balaban J connectivity index is 0.00000162. The number of fused-ring (bicyclic) bond motifs is 1. The zero-order valence-electron chi connectivity index (χ0n) is 8.76. The summed E-state index contributed by atoms with van der Waals surface area (Å²) < 4.78 is 90.4. The van der Waals surface area contributed by atoms with Crippen molar-refractivity contribution in [3.05, 3.63) is 46.8 Å². The number of benzene rings is 2. The van der Waals surface area contributed by atoms with Crippen LogP contribution in [0.25, 0.3) is 10.8 Å². The summed E-state index contributed by atoms with van der Waals surface area (Å²) in [7, 11) is 0. The molecule has 0 N–H and O–H groups in total. The standard InChI is InChI=1S/C10F7.BrH.Zn/c11-2-1-3(12)6(13)5-4(2)7(14)9(16)10(17)8(5)15;;/h;1H;/q-1;;. The summed E-state index contributed by atoms with van der Waals surface area (Å²) in [6.45, 7) is 0. The van der Waals surface area contributed by atoms with Gasteiger partial charge in [-0.2, -0.15) is 0 Å². The summed E-state index contributed by atoms with van der Waals surface area (Å²) in [6.07, 6.45) is 0. The van der Waals surface area contributed by atoms with Gasteiger partial charge in [0.15, 0.2) is 11.6 Å². The molecule has 0 spiro atoms. The summed E-state index contributed by atoms with van der Waals surface area (Å²) in [5.41, 5.74) is 0. The van der Waals surface area contributed by atoms with E-state index in [1.165, 1.54) is 0 Å². The molecule has 0 saturated heterocycles. The van der Waals surface area contributed by atoms with E-state index in [1.54, 1.807) is 0 Å². The van der Waals surface area contributed by atoms with Crippen LogP contribution in [0.1, 0.15) is 0 Å². The Kier molecular flexibility index (Phi) is 5.95. The summed E-state index contributed by atoms with van der Waals surface area (Å²) >= 11 is 0. The van der Waals surface area contributed by atoms with Gasteiger partial charge in [0.25, 0.3) is 0 Å². The Morgan fingerprint density at radius 2 is 0.947 bits per heavy atom. The fourth-order valence-corrected chi connectivity index (χ4v) is 1.37. The van der Waals surface area contributed by atoms with Crippen molar-refractivity contribution in [3.63, 3.8) is 0 Å². The molecule has 0 bridgehead atoms. The molecule has 0 aliphatic carbocycles. The van der Waals surface area contributed by atoms with Crippen LogP contribution in [0, 0.1) is 46.8 Å². The average Bonchev–Trinajstić information content (AvgIpc) is 2.28. The SMILES string of the molecule is Br.Fc1[c-]c(F)c2c(F)c(F)c(F)c(F)c2c1F.[Zn]. The molecule has 0 aliphatic rings. The second kappa shape index (κ2) is 6.18. The monoisotopic (exact) mass is 397 g/mol. The van der Waals surface area contributed by atoms with E-state index in [4.69, 9.17) is 0 Å². The Bertz CT molecular complexity index is 644. The Labute approximate surface area is 125 Å². The molecule has 0 nitrogen and oxygen atoms in total. The van der Waals surface area contributed by atoms with Crippen LogP contribution in [-0.2, 0) is 19.5 Å². The molecule has 2 rings (SSSR count). The maximum atomic E-state index is 13.1. The zero-order valence-corrected chi connectivity index (χ0v) is 13.4. The largest absolute Gasteiger partial charge is 0.281 e. The molecule has 0 atom stereocenters. The van der Waals surface area contributed by atoms with Crippen molar-refractivity contribution in [1.29, 1.82) is 0 Å². The number of hydrogen-bond donors (Lipinski definition) is 0. The van der Waals surface area contributed by atoms with Gasteiger partial charge in [-0.05, 0) is 10.8 Å². The van der Waals surface area contributed by atoms with Crippen molar-refractivity contribution in [3.8, 4) is 0 Å². The first-order valence-electron chi connectivity index (χ1n) is 4.07. The van der Waals surface area contributed by atoms with E-state index in [1.807, 2.05) is 0 Å². The maximum Gasteiger partial charge on any atom is 0.194 e. The number of rotatable bonds is 0. The van der Waals surface area contributed by atoms with Crippen molar-refractivity contribution in [2.24, 2.45) is 0 Å². The van der Waals surface area contributed by atoms with Gasteiger partial charge in [-0.1, -0.05) is 0 Å². The minimum Gasteiger partial charge on any atom is -0.281 e. The summed E-state index contributed by atoms with van der Waals surface area (Å²) in [5, 5.41) is -3.16. The van der Waals surface area contributed by atoms with Gasteiger partial charge >= 0.3 is 0 Å².